The van der Waals surface area contributed by atoms with Crippen molar-refractivity contribution in [3.63, 3.8) is 0 Å². The van der Waals surface area contributed by atoms with Crippen LogP contribution < -0.4 is 0 Å². The van der Waals surface area contributed by atoms with E-state index in [-0.39, 0.29) is 28.6 Å². The number of rotatable bonds is 5. The van der Waals surface area contributed by atoms with E-state index in [0.29, 0.717) is 13.0 Å². The first-order chi connectivity index (χ1) is 8.49. The lowest BCUT2D eigenvalue weighted by molar-refractivity contribution is 0.0688. The molecule has 0 aliphatic carbocycles. The van der Waals surface area contributed by atoms with Crippen LogP contribution in [-0.2, 0) is 0 Å². The summed E-state index contributed by atoms with van der Waals surface area (Å²) in [5.41, 5.74) is 0.0519. The van der Waals surface area contributed by atoms with Gasteiger partial charge in [-0.05, 0) is 48.3 Å². The Labute approximate surface area is 115 Å². The molecule has 0 radical (unpaired) electrons. The van der Waals surface area contributed by atoms with Crippen LogP contribution in [0.1, 0.15) is 30.6 Å². The highest BCUT2D eigenvalue weighted by atomic mass is 79.9. The second-order valence-electron chi connectivity index (χ2n) is 4.27. The molecule has 0 unspecified atom stereocenters. The molecule has 0 heterocycles. The Bertz CT molecular complexity index is 423. The summed E-state index contributed by atoms with van der Waals surface area (Å²) in [6, 6.07) is 4.61. The summed E-state index contributed by atoms with van der Waals surface area (Å²) in [6.07, 6.45) is 0.486. The Balaban J connectivity index is 2.98. The van der Waals surface area contributed by atoms with E-state index in [1.165, 1.54) is 6.07 Å². The molecule has 1 aromatic carbocycles. The van der Waals surface area contributed by atoms with Crippen LogP contribution in [0.2, 0.25) is 0 Å². The summed E-state index contributed by atoms with van der Waals surface area (Å²) in [5.74, 6) is -0.894. The van der Waals surface area contributed by atoms with Gasteiger partial charge in [-0.25, -0.2) is 4.39 Å². The minimum atomic E-state index is -0.544. The van der Waals surface area contributed by atoms with Crippen LogP contribution in [0.25, 0.3) is 0 Å². The van der Waals surface area contributed by atoms with Crippen LogP contribution in [0.5, 0.6) is 0 Å². The first kappa shape index (κ1) is 15.1. The fraction of sp³-hybridized carbons (Fsp3) is 0.462. The first-order valence-electron chi connectivity index (χ1n) is 5.85. The Kier molecular flexibility index (Phi) is 5.75. The van der Waals surface area contributed by atoms with Crippen molar-refractivity contribution in [3.05, 3.63) is 34.1 Å². The number of nitrogens with zero attached hydrogens (tertiary/aromatic N) is 1. The number of hydrogen-bond donors (Lipinski definition) is 1. The van der Waals surface area contributed by atoms with Crippen LogP contribution >= 0.6 is 15.9 Å². The molecule has 5 heteroatoms. The Morgan fingerprint density at radius 2 is 2.17 bits per heavy atom. The predicted molar refractivity (Wildman–Crippen MR) is 72.0 cm³/mol. The van der Waals surface area contributed by atoms with Gasteiger partial charge in [-0.2, -0.15) is 0 Å². The van der Waals surface area contributed by atoms with Gasteiger partial charge in [0.15, 0.2) is 0 Å². The topological polar surface area (TPSA) is 40.5 Å². The molecule has 1 aromatic rings. The molecule has 18 heavy (non-hydrogen) atoms. The minimum Gasteiger partial charge on any atom is -0.396 e. The molecular weight excluding hydrogens is 301 g/mol. The van der Waals surface area contributed by atoms with E-state index in [1.54, 1.807) is 17.0 Å². The number of hydrogen-bond acceptors (Lipinski definition) is 2. The third kappa shape index (κ3) is 3.53. The molecule has 0 spiro atoms. The Morgan fingerprint density at radius 3 is 2.72 bits per heavy atom. The van der Waals surface area contributed by atoms with Crippen molar-refractivity contribution in [3.8, 4) is 0 Å². The zero-order valence-electron chi connectivity index (χ0n) is 10.5. The largest absolute Gasteiger partial charge is 0.396 e. The van der Waals surface area contributed by atoms with E-state index < -0.39 is 5.82 Å². The molecule has 0 bridgehead atoms. The summed E-state index contributed by atoms with van der Waals surface area (Å²) >= 11 is 3.07. The summed E-state index contributed by atoms with van der Waals surface area (Å²) < 4.78 is 14.1. The van der Waals surface area contributed by atoms with Gasteiger partial charge < -0.3 is 10.0 Å². The second kappa shape index (κ2) is 6.85. The lowest BCUT2D eigenvalue weighted by Crippen LogP contribution is -2.38. The summed E-state index contributed by atoms with van der Waals surface area (Å²) in [7, 11) is 0. The summed E-state index contributed by atoms with van der Waals surface area (Å²) in [4.78, 5) is 13.8. The van der Waals surface area contributed by atoms with Crippen molar-refractivity contribution in [2.75, 3.05) is 13.2 Å². The molecule has 100 valence electrons. The number of aliphatic hydroxyl groups is 1. The highest BCUT2D eigenvalue weighted by Crippen LogP contribution is 2.20. The van der Waals surface area contributed by atoms with E-state index in [4.69, 9.17) is 5.11 Å². The normalized spacial score (nSPS) is 10.8. The van der Waals surface area contributed by atoms with Crippen molar-refractivity contribution >= 4 is 21.8 Å². The maximum absolute atomic E-state index is 13.9. The fourth-order valence-electron chi connectivity index (χ4n) is 1.66. The van der Waals surface area contributed by atoms with E-state index in [2.05, 4.69) is 15.9 Å². The number of carbonyl (C=O) groups is 1. The molecule has 0 aliphatic rings. The highest BCUT2D eigenvalue weighted by molar-refractivity contribution is 9.10. The Hall–Kier alpha value is -0.940. The molecule has 0 aromatic heterocycles. The summed E-state index contributed by atoms with van der Waals surface area (Å²) in [6.45, 7) is 4.16. The standard InChI is InChI=1S/C13H17BrFNO2/c1-9(2)16(7-4-8-17)13(18)10-5-3-6-11(14)12(10)15/h3,5-6,9,17H,4,7-8H2,1-2H3. The molecule has 0 saturated heterocycles. The number of amides is 1. The second-order valence-corrected chi connectivity index (χ2v) is 5.13. The van der Waals surface area contributed by atoms with Crippen molar-refractivity contribution in [1.29, 1.82) is 0 Å². The highest BCUT2D eigenvalue weighted by Gasteiger charge is 2.22. The zero-order chi connectivity index (χ0) is 13.7. The average Bonchev–Trinajstić information content (AvgIpc) is 2.32. The molecule has 1 N–H and O–H groups in total. The molecule has 0 fully saturated rings. The van der Waals surface area contributed by atoms with Gasteiger partial charge in [0.2, 0.25) is 0 Å². The average molecular weight is 318 g/mol. The van der Waals surface area contributed by atoms with Crippen molar-refractivity contribution in [1.82, 2.24) is 4.90 Å². The number of aliphatic hydroxyl groups excluding tert-OH is 1. The van der Waals surface area contributed by atoms with Gasteiger partial charge in [-0.3, -0.25) is 4.79 Å². The molecule has 0 saturated carbocycles. The third-order valence-electron chi connectivity index (χ3n) is 2.62. The van der Waals surface area contributed by atoms with E-state index in [1.807, 2.05) is 13.8 Å². The maximum Gasteiger partial charge on any atom is 0.257 e. The Morgan fingerprint density at radius 1 is 1.50 bits per heavy atom. The monoisotopic (exact) mass is 317 g/mol. The smallest absolute Gasteiger partial charge is 0.257 e. The van der Waals surface area contributed by atoms with Crippen LogP contribution in [0.3, 0.4) is 0 Å². The first-order valence-corrected chi connectivity index (χ1v) is 6.64. The molecule has 3 nitrogen and oxygen atoms in total. The zero-order valence-corrected chi connectivity index (χ0v) is 12.1. The molecule has 1 amide bonds. The van der Waals surface area contributed by atoms with Crippen LogP contribution in [0.15, 0.2) is 22.7 Å². The van der Waals surface area contributed by atoms with Gasteiger partial charge in [0, 0.05) is 19.2 Å². The van der Waals surface area contributed by atoms with Crippen molar-refractivity contribution in [2.24, 2.45) is 0 Å². The number of benzene rings is 1. The maximum atomic E-state index is 13.9. The SMILES string of the molecule is CC(C)N(CCCO)C(=O)c1cccc(Br)c1F. The van der Waals surface area contributed by atoms with Crippen LogP contribution in [0, 0.1) is 5.82 Å². The van der Waals surface area contributed by atoms with Gasteiger partial charge >= 0.3 is 0 Å². The van der Waals surface area contributed by atoms with E-state index >= 15 is 0 Å². The molecular formula is C13H17BrFNO2. The van der Waals surface area contributed by atoms with Gasteiger partial charge in [0.25, 0.3) is 5.91 Å². The summed E-state index contributed by atoms with van der Waals surface area (Å²) in [5, 5.41) is 8.83. The van der Waals surface area contributed by atoms with Gasteiger partial charge in [-0.1, -0.05) is 6.07 Å². The van der Waals surface area contributed by atoms with Gasteiger partial charge in [0.05, 0.1) is 10.0 Å². The fourth-order valence-corrected chi connectivity index (χ4v) is 2.03. The van der Waals surface area contributed by atoms with Gasteiger partial charge in [0.1, 0.15) is 5.82 Å². The molecule has 0 aliphatic heterocycles. The minimum absolute atomic E-state index is 0.0114. The lowest BCUT2D eigenvalue weighted by Gasteiger charge is -2.26. The number of halogens is 2. The van der Waals surface area contributed by atoms with E-state index in [9.17, 15) is 9.18 Å². The third-order valence-corrected chi connectivity index (χ3v) is 3.24. The van der Waals surface area contributed by atoms with Crippen molar-refractivity contribution in [2.45, 2.75) is 26.3 Å². The van der Waals surface area contributed by atoms with Gasteiger partial charge in [-0.15, -0.1) is 0 Å². The van der Waals surface area contributed by atoms with Crippen LogP contribution in [0.4, 0.5) is 4.39 Å². The molecule has 0 atom stereocenters. The van der Waals surface area contributed by atoms with E-state index in [0.717, 1.165) is 0 Å². The molecule has 1 rings (SSSR count). The van der Waals surface area contributed by atoms with Crippen molar-refractivity contribution < 1.29 is 14.3 Å². The predicted octanol–water partition coefficient (Wildman–Crippen LogP) is 2.82. The number of carbonyl (C=O) groups excluding carboxylic acids is 1. The quantitative estimate of drug-likeness (QED) is 0.907. The lowest BCUT2D eigenvalue weighted by atomic mass is 10.1. The van der Waals surface area contributed by atoms with Crippen LogP contribution in [-0.4, -0.2) is 35.1 Å².